The van der Waals surface area contributed by atoms with Crippen LogP contribution in [0.25, 0.3) is 9.40 Å². The molecular weight excluding hydrogens is 580 g/mol. The quantitative estimate of drug-likeness (QED) is 0.414. The van der Waals surface area contributed by atoms with Crippen LogP contribution in [0.3, 0.4) is 0 Å². The molecule has 4 heterocycles. The third-order valence-electron chi connectivity index (χ3n) is 5.29. The molecule has 174 valence electrons. The SMILES string of the molecule is O=C(Cc1ccccc1)NC1C(=O)N2C(C(=O)O)=C(Sc3sc4ccsc4c(=O)c3Br)CS[C@H]12. The zero-order valence-corrected chi connectivity index (χ0v) is 22.0. The summed E-state index contributed by atoms with van der Waals surface area (Å²) in [6.07, 6.45) is 0.142. The summed E-state index contributed by atoms with van der Waals surface area (Å²) in [5.41, 5.74) is 0.604. The average molecular weight is 596 g/mol. The van der Waals surface area contributed by atoms with Crippen molar-refractivity contribution in [1.29, 1.82) is 0 Å². The molecule has 2 aliphatic heterocycles. The summed E-state index contributed by atoms with van der Waals surface area (Å²) in [5.74, 6) is -1.60. The fraction of sp³-hybridized carbons (Fsp3) is 0.182. The minimum atomic E-state index is -1.21. The summed E-state index contributed by atoms with van der Waals surface area (Å²) in [5, 5.41) is 14.0. The van der Waals surface area contributed by atoms with Crippen molar-refractivity contribution in [2.24, 2.45) is 0 Å². The fourth-order valence-electron chi connectivity index (χ4n) is 3.73. The van der Waals surface area contributed by atoms with Crippen LogP contribution in [0, 0.1) is 0 Å². The lowest BCUT2D eigenvalue weighted by atomic mass is 10.0. The van der Waals surface area contributed by atoms with Crippen LogP contribution >= 0.6 is 62.1 Å². The molecule has 7 nitrogen and oxygen atoms in total. The van der Waals surface area contributed by atoms with Crippen LogP contribution < -0.4 is 10.7 Å². The summed E-state index contributed by atoms with van der Waals surface area (Å²) in [6, 6.07) is 10.3. The Kier molecular flexibility index (Phi) is 6.60. The van der Waals surface area contributed by atoms with Crippen molar-refractivity contribution >= 4 is 89.3 Å². The molecule has 1 fully saturated rings. The molecule has 12 heteroatoms. The maximum Gasteiger partial charge on any atom is 0.353 e. The number of carbonyl (C=O) groups is 3. The van der Waals surface area contributed by atoms with Crippen molar-refractivity contribution < 1.29 is 19.5 Å². The normalized spacial score (nSPS) is 19.7. The number of amides is 2. The van der Waals surface area contributed by atoms with Gasteiger partial charge in [-0.25, -0.2) is 4.79 Å². The molecular formula is C22H15BrN2O5S4. The van der Waals surface area contributed by atoms with E-state index in [1.165, 1.54) is 51.1 Å². The molecule has 0 saturated carbocycles. The number of halogens is 1. The number of nitrogens with zero attached hydrogens (tertiary/aromatic N) is 1. The molecule has 0 radical (unpaired) electrons. The van der Waals surface area contributed by atoms with Crippen LogP contribution in [0.2, 0.25) is 0 Å². The first kappa shape index (κ1) is 23.6. The fourth-order valence-corrected chi connectivity index (χ4v) is 9.40. The van der Waals surface area contributed by atoms with Crippen LogP contribution in [0.1, 0.15) is 5.56 Å². The predicted octanol–water partition coefficient (Wildman–Crippen LogP) is 4.12. The van der Waals surface area contributed by atoms with E-state index in [1.54, 1.807) is 0 Å². The molecule has 0 bridgehead atoms. The molecule has 1 saturated heterocycles. The zero-order valence-electron chi connectivity index (χ0n) is 17.1. The summed E-state index contributed by atoms with van der Waals surface area (Å²) in [7, 11) is 0. The van der Waals surface area contributed by atoms with Gasteiger partial charge in [0.15, 0.2) is 0 Å². The summed E-state index contributed by atoms with van der Waals surface area (Å²) in [6.45, 7) is 0. The largest absolute Gasteiger partial charge is 0.477 e. The van der Waals surface area contributed by atoms with Crippen LogP contribution in [0.4, 0.5) is 0 Å². The highest BCUT2D eigenvalue weighted by Gasteiger charge is 2.54. The number of thiophene rings is 1. The Morgan fingerprint density at radius 1 is 1.21 bits per heavy atom. The highest BCUT2D eigenvalue weighted by Crippen LogP contribution is 2.47. The van der Waals surface area contributed by atoms with E-state index >= 15 is 0 Å². The van der Waals surface area contributed by atoms with Crippen molar-refractivity contribution in [3.05, 3.63) is 72.6 Å². The first-order chi connectivity index (χ1) is 16.3. The van der Waals surface area contributed by atoms with E-state index in [4.69, 9.17) is 0 Å². The lowest BCUT2D eigenvalue weighted by Crippen LogP contribution is -2.70. The van der Waals surface area contributed by atoms with Gasteiger partial charge in [-0.2, -0.15) is 0 Å². The Morgan fingerprint density at radius 3 is 2.71 bits per heavy atom. The first-order valence-corrected chi connectivity index (χ1v) is 14.3. The molecule has 1 unspecified atom stereocenters. The minimum absolute atomic E-state index is 0.0933. The lowest BCUT2D eigenvalue weighted by Gasteiger charge is -2.49. The Labute approximate surface area is 218 Å². The number of nitrogens with one attached hydrogen (secondary N) is 1. The van der Waals surface area contributed by atoms with Gasteiger partial charge in [0.25, 0.3) is 5.91 Å². The van der Waals surface area contributed by atoms with Crippen molar-refractivity contribution in [3.8, 4) is 0 Å². The van der Waals surface area contributed by atoms with E-state index in [0.717, 1.165) is 10.3 Å². The van der Waals surface area contributed by atoms with Gasteiger partial charge >= 0.3 is 5.97 Å². The number of β-lactam (4-membered cyclic amide) rings is 1. The highest BCUT2D eigenvalue weighted by molar-refractivity contribution is 9.10. The van der Waals surface area contributed by atoms with Crippen LogP contribution in [0.15, 0.2) is 65.9 Å². The third-order valence-corrected chi connectivity index (χ3v) is 11.5. The standard InChI is InChI=1S/C22H15BrN2O5S4/c23-14-17(27)18-11(6-7-31-18)33-22(14)34-12-9-32-20-15(19(28)25(20)16(12)21(29)30)24-13(26)8-10-4-2-1-3-5-10/h1-7,15,20H,8-9H2,(H,24,26)(H,29,30)/t15?,20-/m1/s1. The van der Waals surface area contributed by atoms with E-state index in [9.17, 15) is 24.3 Å². The van der Waals surface area contributed by atoms with E-state index < -0.39 is 23.3 Å². The molecule has 3 aromatic rings. The summed E-state index contributed by atoms with van der Waals surface area (Å²) < 4.78 is 2.52. The predicted molar refractivity (Wildman–Crippen MR) is 139 cm³/mol. The number of thioether (sulfide) groups is 2. The molecule has 2 aromatic heterocycles. The Hall–Kier alpha value is -2.12. The molecule has 2 N–H and O–H groups in total. The monoisotopic (exact) mass is 594 g/mol. The van der Waals surface area contributed by atoms with Gasteiger partial charge in [0.2, 0.25) is 11.3 Å². The second-order valence-corrected chi connectivity index (χ2v) is 12.7. The van der Waals surface area contributed by atoms with Gasteiger partial charge in [0.05, 0.1) is 24.5 Å². The Morgan fingerprint density at radius 2 is 1.97 bits per heavy atom. The van der Waals surface area contributed by atoms with Crippen LogP contribution in [-0.2, 0) is 20.8 Å². The number of rotatable bonds is 6. The number of carboxylic acids is 1. The molecule has 2 amide bonds. The van der Waals surface area contributed by atoms with Crippen LogP contribution in [0.5, 0.6) is 0 Å². The van der Waals surface area contributed by atoms with E-state index in [0.29, 0.717) is 24.0 Å². The van der Waals surface area contributed by atoms with Crippen molar-refractivity contribution in [2.45, 2.75) is 22.0 Å². The van der Waals surface area contributed by atoms with Crippen molar-refractivity contribution in [2.75, 3.05) is 5.75 Å². The molecule has 1 aromatic carbocycles. The number of aliphatic carboxylic acids is 1. The molecule has 0 spiro atoms. The Bertz CT molecular complexity index is 1420. The number of fused-ring (bicyclic) bond motifs is 2. The molecule has 2 aliphatic rings. The molecule has 0 aliphatic carbocycles. The number of carbonyl (C=O) groups excluding carboxylic acids is 2. The van der Waals surface area contributed by atoms with Gasteiger partial charge in [0, 0.05) is 10.7 Å². The smallest absolute Gasteiger partial charge is 0.353 e. The minimum Gasteiger partial charge on any atom is -0.477 e. The van der Waals surface area contributed by atoms with Crippen molar-refractivity contribution in [1.82, 2.24) is 10.2 Å². The third kappa shape index (κ3) is 4.22. The number of hydrogen-bond donors (Lipinski definition) is 2. The maximum atomic E-state index is 12.9. The molecule has 5 rings (SSSR count). The van der Waals surface area contributed by atoms with Gasteiger partial charge in [0.1, 0.15) is 17.1 Å². The number of benzene rings is 1. The second kappa shape index (κ2) is 9.50. The highest BCUT2D eigenvalue weighted by atomic mass is 79.9. The van der Waals surface area contributed by atoms with E-state index in [-0.39, 0.29) is 23.5 Å². The van der Waals surface area contributed by atoms with Crippen molar-refractivity contribution in [3.63, 3.8) is 0 Å². The number of hydrogen-bond acceptors (Lipinski definition) is 8. The first-order valence-electron chi connectivity index (χ1n) is 9.97. The van der Waals surface area contributed by atoms with Gasteiger partial charge in [-0.3, -0.25) is 19.3 Å². The lowest BCUT2D eigenvalue weighted by molar-refractivity contribution is -0.150. The van der Waals surface area contributed by atoms with Gasteiger partial charge in [-0.1, -0.05) is 42.1 Å². The Balaban J connectivity index is 1.37. The summed E-state index contributed by atoms with van der Waals surface area (Å²) >= 11 is 8.72. The van der Waals surface area contributed by atoms with Gasteiger partial charge < -0.3 is 10.4 Å². The van der Waals surface area contributed by atoms with Crippen LogP contribution in [-0.4, -0.2) is 45.0 Å². The average Bonchev–Trinajstić information content (AvgIpc) is 3.29. The van der Waals surface area contributed by atoms with Gasteiger partial charge in [-0.05, 0) is 32.9 Å². The number of carboxylic acid groups (broad SMARTS) is 1. The summed E-state index contributed by atoms with van der Waals surface area (Å²) in [4.78, 5) is 51.9. The zero-order chi connectivity index (χ0) is 24.0. The second-order valence-electron chi connectivity index (χ2n) is 7.44. The van der Waals surface area contributed by atoms with E-state index in [1.807, 2.05) is 41.8 Å². The topological polar surface area (TPSA) is 104 Å². The maximum absolute atomic E-state index is 12.9. The molecule has 34 heavy (non-hydrogen) atoms. The van der Waals surface area contributed by atoms with E-state index in [2.05, 4.69) is 21.2 Å². The van der Waals surface area contributed by atoms with Gasteiger partial charge in [-0.15, -0.1) is 34.4 Å². The molecule has 2 atom stereocenters.